The van der Waals surface area contributed by atoms with Gasteiger partial charge in [0.2, 0.25) is 0 Å². The summed E-state index contributed by atoms with van der Waals surface area (Å²) in [6.07, 6.45) is 1.68. The molecule has 26 heavy (non-hydrogen) atoms. The number of hydrogen-bond donors (Lipinski definition) is 1. The molecule has 0 unspecified atom stereocenters. The monoisotopic (exact) mass is 348 g/mol. The van der Waals surface area contributed by atoms with Gasteiger partial charge in [0.15, 0.2) is 0 Å². The highest BCUT2D eigenvalue weighted by Crippen LogP contribution is 2.28. The van der Waals surface area contributed by atoms with Crippen LogP contribution in [0, 0.1) is 0 Å². The second-order valence-electron chi connectivity index (χ2n) is 6.39. The highest BCUT2D eigenvalue weighted by atomic mass is 16.5. The van der Waals surface area contributed by atoms with E-state index < -0.39 is 0 Å². The van der Waals surface area contributed by atoms with Crippen molar-refractivity contribution in [1.29, 1.82) is 0 Å². The third kappa shape index (κ3) is 4.72. The summed E-state index contributed by atoms with van der Waals surface area (Å²) in [5.74, 6) is 2.39. The van der Waals surface area contributed by atoms with Crippen LogP contribution in [0.25, 0.3) is 0 Å². The molecule has 0 saturated heterocycles. The molecule has 0 radical (unpaired) electrons. The first-order valence-corrected chi connectivity index (χ1v) is 8.71. The van der Waals surface area contributed by atoms with Crippen molar-refractivity contribution in [1.82, 2.24) is 9.97 Å². The minimum absolute atomic E-state index is 0.107. The molecule has 5 nitrogen and oxygen atoms in total. The first-order chi connectivity index (χ1) is 12.6. The van der Waals surface area contributed by atoms with Crippen LogP contribution in [0.1, 0.15) is 19.4 Å². The normalized spacial score (nSPS) is 10.6. The van der Waals surface area contributed by atoms with E-state index in [0.717, 1.165) is 29.6 Å². The predicted octanol–water partition coefficient (Wildman–Crippen LogP) is 4.64. The molecule has 1 N–H and O–H groups in total. The summed E-state index contributed by atoms with van der Waals surface area (Å²) in [7, 11) is 2.02. The van der Waals surface area contributed by atoms with Crippen LogP contribution >= 0.6 is 0 Å². The Bertz CT molecular complexity index is 836. The Kier molecular flexibility index (Phi) is 5.69. The molecule has 0 atom stereocenters. The molecule has 3 rings (SSSR count). The molecule has 0 aliphatic heterocycles. The molecule has 0 amide bonds. The van der Waals surface area contributed by atoms with E-state index in [1.165, 1.54) is 5.56 Å². The number of rotatable bonds is 7. The van der Waals surface area contributed by atoms with Crippen LogP contribution in [0.4, 0.5) is 17.3 Å². The first kappa shape index (κ1) is 17.7. The van der Waals surface area contributed by atoms with Gasteiger partial charge in [0.05, 0.1) is 11.8 Å². The zero-order chi connectivity index (χ0) is 18.4. The molecule has 2 aromatic carbocycles. The van der Waals surface area contributed by atoms with Crippen LogP contribution in [-0.4, -0.2) is 23.1 Å². The maximum atomic E-state index is 5.86. The second kappa shape index (κ2) is 8.34. The standard InChI is InChI=1S/C21H24N4O/c1-16(2)26-19-12-8-7-11-18(19)24-20-13-21(23-15-22-20)25(3)14-17-9-5-4-6-10-17/h4-13,15-16H,14H2,1-3H3,(H,22,23,24). The van der Waals surface area contributed by atoms with Gasteiger partial charge in [-0.3, -0.25) is 0 Å². The summed E-state index contributed by atoms with van der Waals surface area (Å²) >= 11 is 0. The van der Waals surface area contributed by atoms with Gasteiger partial charge in [-0.15, -0.1) is 0 Å². The smallest absolute Gasteiger partial charge is 0.143 e. The highest BCUT2D eigenvalue weighted by molar-refractivity contribution is 5.65. The number of nitrogens with zero attached hydrogens (tertiary/aromatic N) is 3. The summed E-state index contributed by atoms with van der Waals surface area (Å²) < 4.78 is 5.86. The minimum Gasteiger partial charge on any atom is -0.489 e. The molecular formula is C21H24N4O. The van der Waals surface area contributed by atoms with Crippen LogP contribution in [0.3, 0.4) is 0 Å². The number of ether oxygens (including phenoxy) is 1. The van der Waals surface area contributed by atoms with E-state index in [9.17, 15) is 0 Å². The van der Waals surface area contributed by atoms with Crippen LogP contribution in [0.2, 0.25) is 0 Å². The zero-order valence-electron chi connectivity index (χ0n) is 15.4. The van der Waals surface area contributed by atoms with Crippen molar-refractivity contribution in [2.24, 2.45) is 0 Å². The quantitative estimate of drug-likeness (QED) is 0.674. The molecule has 1 heterocycles. The minimum atomic E-state index is 0.107. The molecule has 3 aromatic rings. The summed E-state index contributed by atoms with van der Waals surface area (Å²) in [4.78, 5) is 10.8. The van der Waals surface area contributed by atoms with Gasteiger partial charge in [-0.2, -0.15) is 0 Å². The highest BCUT2D eigenvalue weighted by Gasteiger charge is 2.09. The van der Waals surface area contributed by atoms with Gasteiger partial charge in [0.25, 0.3) is 0 Å². The van der Waals surface area contributed by atoms with Gasteiger partial charge < -0.3 is 15.0 Å². The summed E-state index contributed by atoms with van der Waals surface area (Å²) in [6.45, 7) is 4.81. The number of nitrogens with one attached hydrogen (secondary N) is 1. The fourth-order valence-corrected chi connectivity index (χ4v) is 2.63. The average molecular weight is 348 g/mol. The topological polar surface area (TPSA) is 50.3 Å². The molecule has 0 spiro atoms. The van der Waals surface area contributed by atoms with Gasteiger partial charge in [0, 0.05) is 19.7 Å². The lowest BCUT2D eigenvalue weighted by Crippen LogP contribution is -2.18. The largest absolute Gasteiger partial charge is 0.489 e. The van der Waals surface area contributed by atoms with Crippen LogP contribution in [0.5, 0.6) is 5.75 Å². The van der Waals surface area contributed by atoms with Crippen molar-refractivity contribution in [2.75, 3.05) is 17.3 Å². The van der Waals surface area contributed by atoms with E-state index in [1.807, 2.05) is 69.4 Å². The molecule has 134 valence electrons. The van der Waals surface area contributed by atoms with E-state index in [-0.39, 0.29) is 6.10 Å². The summed E-state index contributed by atoms with van der Waals surface area (Å²) in [5, 5.41) is 3.33. The Morgan fingerprint density at radius 2 is 1.73 bits per heavy atom. The van der Waals surface area contributed by atoms with Crippen molar-refractivity contribution in [2.45, 2.75) is 26.5 Å². The third-order valence-electron chi connectivity index (χ3n) is 3.82. The Labute approximate surface area is 154 Å². The fraction of sp³-hybridized carbons (Fsp3) is 0.238. The van der Waals surface area contributed by atoms with Crippen molar-refractivity contribution in [3.05, 3.63) is 72.6 Å². The van der Waals surface area contributed by atoms with Gasteiger partial charge in [-0.25, -0.2) is 9.97 Å². The zero-order valence-corrected chi connectivity index (χ0v) is 15.4. The Morgan fingerprint density at radius 3 is 2.50 bits per heavy atom. The fourth-order valence-electron chi connectivity index (χ4n) is 2.63. The molecule has 0 bridgehead atoms. The van der Waals surface area contributed by atoms with Crippen LogP contribution in [-0.2, 0) is 6.54 Å². The molecule has 5 heteroatoms. The van der Waals surface area contributed by atoms with Gasteiger partial charge in [-0.1, -0.05) is 42.5 Å². The van der Waals surface area contributed by atoms with Crippen molar-refractivity contribution >= 4 is 17.3 Å². The maximum Gasteiger partial charge on any atom is 0.143 e. The van der Waals surface area contributed by atoms with E-state index in [4.69, 9.17) is 4.74 Å². The van der Waals surface area contributed by atoms with Gasteiger partial charge >= 0.3 is 0 Å². The number of para-hydroxylation sites is 2. The van der Waals surface area contributed by atoms with E-state index in [1.54, 1.807) is 6.33 Å². The maximum absolute atomic E-state index is 5.86. The summed E-state index contributed by atoms with van der Waals surface area (Å²) in [5.41, 5.74) is 2.12. The molecule has 0 aliphatic rings. The Balaban J connectivity index is 1.76. The van der Waals surface area contributed by atoms with Crippen LogP contribution in [0.15, 0.2) is 67.0 Å². The number of anilines is 3. The number of aromatic nitrogens is 2. The lowest BCUT2D eigenvalue weighted by atomic mass is 10.2. The Hall–Kier alpha value is -3.08. The third-order valence-corrected chi connectivity index (χ3v) is 3.82. The van der Waals surface area contributed by atoms with Crippen molar-refractivity contribution in [3.8, 4) is 5.75 Å². The van der Waals surface area contributed by atoms with E-state index in [2.05, 4.69) is 32.3 Å². The lowest BCUT2D eigenvalue weighted by Gasteiger charge is -2.19. The Morgan fingerprint density at radius 1 is 1.00 bits per heavy atom. The average Bonchev–Trinajstić information content (AvgIpc) is 2.64. The van der Waals surface area contributed by atoms with E-state index >= 15 is 0 Å². The molecule has 0 saturated carbocycles. The second-order valence-corrected chi connectivity index (χ2v) is 6.39. The molecule has 0 fully saturated rings. The summed E-state index contributed by atoms with van der Waals surface area (Å²) in [6, 6.07) is 20.1. The number of hydrogen-bond acceptors (Lipinski definition) is 5. The first-order valence-electron chi connectivity index (χ1n) is 8.71. The molecule has 0 aliphatic carbocycles. The SMILES string of the molecule is CC(C)Oc1ccccc1Nc1cc(N(C)Cc2ccccc2)ncn1. The predicted molar refractivity (Wildman–Crippen MR) is 106 cm³/mol. The number of benzene rings is 2. The van der Waals surface area contributed by atoms with E-state index in [0.29, 0.717) is 0 Å². The molecular weight excluding hydrogens is 324 g/mol. The van der Waals surface area contributed by atoms with Crippen LogP contribution < -0.4 is 15.0 Å². The van der Waals surface area contributed by atoms with Crippen molar-refractivity contribution < 1.29 is 4.74 Å². The van der Waals surface area contributed by atoms with Crippen molar-refractivity contribution in [3.63, 3.8) is 0 Å². The lowest BCUT2D eigenvalue weighted by molar-refractivity contribution is 0.244. The van der Waals surface area contributed by atoms with Gasteiger partial charge in [-0.05, 0) is 31.5 Å². The molecule has 1 aromatic heterocycles. The van der Waals surface area contributed by atoms with Gasteiger partial charge in [0.1, 0.15) is 23.7 Å².